The van der Waals surface area contributed by atoms with Crippen LogP contribution in [0.4, 0.5) is 0 Å². The number of likely N-dealkylation sites (tertiary alicyclic amines) is 1. The van der Waals surface area contributed by atoms with E-state index in [0.717, 1.165) is 57.3 Å². The van der Waals surface area contributed by atoms with Crippen molar-refractivity contribution in [3.63, 3.8) is 0 Å². The van der Waals surface area contributed by atoms with Crippen molar-refractivity contribution in [2.45, 2.75) is 18.9 Å². The van der Waals surface area contributed by atoms with Crippen LogP contribution in [0.1, 0.15) is 12.8 Å². The SMILES string of the molecule is COCCN1CCC(NC(=NCC(=O)N(C)C)NCCSC)CC1.I. The van der Waals surface area contributed by atoms with Gasteiger partial charge in [0.15, 0.2) is 5.96 Å². The molecule has 7 nitrogen and oxygen atoms in total. The molecule has 0 radical (unpaired) electrons. The van der Waals surface area contributed by atoms with Crippen LogP contribution in [0.2, 0.25) is 0 Å². The standard InChI is InChI=1S/C16H33N5O2S.HI/c1-20(2)15(22)13-18-16(17-7-12-24-4)19-14-5-8-21(9-6-14)10-11-23-3;/h14H,5-13H2,1-4H3,(H2,17,18,19);1H. The first-order chi connectivity index (χ1) is 11.6. The third-order valence-electron chi connectivity index (χ3n) is 4.01. The Kier molecular flexibility index (Phi) is 14.7. The number of rotatable bonds is 9. The molecule has 1 aliphatic heterocycles. The summed E-state index contributed by atoms with van der Waals surface area (Å²) in [6.45, 7) is 4.93. The minimum absolute atomic E-state index is 0. The maximum Gasteiger partial charge on any atom is 0.243 e. The van der Waals surface area contributed by atoms with E-state index >= 15 is 0 Å². The fraction of sp³-hybridized carbons (Fsp3) is 0.875. The van der Waals surface area contributed by atoms with E-state index in [4.69, 9.17) is 4.74 Å². The summed E-state index contributed by atoms with van der Waals surface area (Å²) in [6, 6.07) is 0.402. The van der Waals surface area contributed by atoms with Crippen molar-refractivity contribution in [1.29, 1.82) is 0 Å². The Morgan fingerprint density at radius 2 is 2.04 bits per heavy atom. The van der Waals surface area contributed by atoms with Gasteiger partial charge < -0.3 is 25.2 Å². The summed E-state index contributed by atoms with van der Waals surface area (Å²) in [5.74, 6) is 1.77. The summed E-state index contributed by atoms with van der Waals surface area (Å²) in [7, 11) is 5.25. The summed E-state index contributed by atoms with van der Waals surface area (Å²) >= 11 is 1.79. The molecule has 1 aliphatic rings. The van der Waals surface area contributed by atoms with Crippen molar-refractivity contribution in [3.8, 4) is 0 Å². The largest absolute Gasteiger partial charge is 0.383 e. The smallest absolute Gasteiger partial charge is 0.243 e. The van der Waals surface area contributed by atoms with Crippen LogP contribution in [-0.4, -0.2) is 100 Å². The van der Waals surface area contributed by atoms with Crippen LogP contribution in [0.3, 0.4) is 0 Å². The summed E-state index contributed by atoms with van der Waals surface area (Å²) in [5, 5.41) is 6.81. The molecular formula is C16H34IN5O2S. The van der Waals surface area contributed by atoms with Gasteiger partial charge in [-0.05, 0) is 19.1 Å². The first-order valence-electron chi connectivity index (χ1n) is 8.52. The second kappa shape index (κ2) is 14.9. The number of hydrogen-bond donors (Lipinski definition) is 2. The van der Waals surface area contributed by atoms with Crippen molar-refractivity contribution in [2.75, 3.05) is 72.5 Å². The number of carbonyl (C=O) groups is 1. The lowest BCUT2D eigenvalue weighted by atomic mass is 10.1. The first-order valence-corrected chi connectivity index (χ1v) is 9.91. The molecule has 0 aromatic heterocycles. The maximum atomic E-state index is 11.8. The van der Waals surface area contributed by atoms with Crippen molar-refractivity contribution in [3.05, 3.63) is 0 Å². The molecule has 1 fully saturated rings. The normalized spacial score (nSPS) is 16.2. The Hall–Kier alpha value is -0.260. The number of amides is 1. The van der Waals surface area contributed by atoms with Crippen LogP contribution in [0.5, 0.6) is 0 Å². The van der Waals surface area contributed by atoms with Crippen LogP contribution >= 0.6 is 35.7 Å². The van der Waals surface area contributed by atoms with Gasteiger partial charge in [-0.25, -0.2) is 4.99 Å². The number of guanidine groups is 1. The number of nitrogens with one attached hydrogen (secondary N) is 2. The summed E-state index contributed by atoms with van der Waals surface area (Å²) in [6.07, 6.45) is 4.24. The number of carbonyl (C=O) groups excluding carboxylic acids is 1. The molecule has 1 saturated heterocycles. The highest BCUT2D eigenvalue weighted by Gasteiger charge is 2.19. The average molecular weight is 487 g/mol. The molecular weight excluding hydrogens is 453 g/mol. The van der Waals surface area contributed by atoms with E-state index in [1.807, 2.05) is 0 Å². The Balaban J connectivity index is 0.00000576. The second-order valence-corrected chi connectivity index (χ2v) is 7.11. The number of methoxy groups -OCH3 is 1. The molecule has 9 heteroatoms. The van der Waals surface area contributed by atoms with Crippen LogP contribution < -0.4 is 10.6 Å². The number of thioether (sulfide) groups is 1. The third kappa shape index (κ3) is 11.1. The van der Waals surface area contributed by atoms with Gasteiger partial charge in [-0.1, -0.05) is 0 Å². The van der Waals surface area contributed by atoms with Crippen LogP contribution in [-0.2, 0) is 9.53 Å². The molecule has 0 atom stereocenters. The topological polar surface area (TPSA) is 69.2 Å². The van der Waals surface area contributed by atoms with Gasteiger partial charge in [0.25, 0.3) is 0 Å². The molecule has 0 aliphatic carbocycles. The Morgan fingerprint density at radius 1 is 1.36 bits per heavy atom. The molecule has 0 bridgehead atoms. The van der Waals surface area contributed by atoms with Gasteiger partial charge in [-0.15, -0.1) is 24.0 Å². The maximum absolute atomic E-state index is 11.8. The van der Waals surface area contributed by atoms with Crippen molar-refractivity contribution < 1.29 is 9.53 Å². The fourth-order valence-corrected chi connectivity index (χ4v) is 2.73. The quantitative estimate of drug-likeness (QED) is 0.216. The first kappa shape index (κ1) is 24.7. The molecule has 148 valence electrons. The van der Waals surface area contributed by atoms with Gasteiger partial charge in [-0.2, -0.15) is 11.8 Å². The minimum atomic E-state index is 0. The monoisotopic (exact) mass is 487 g/mol. The molecule has 0 spiro atoms. The molecule has 1 rings (SSSR count). The van der Waals surface area contributed by atoms with Crippen molar-refractivity contribution in [1.82, 2.24) is 20.4 Å². The van der Waals surface area contributed by atoms with Gasteiger partial charge in [-0.3, -0.25) is 4.79 Å². The Morgan fingerprint density at radius 3 is 2.60 bits per heavy atom. The molecule has 2 N–H and O–H groups in total. The van der Waals surface area contributed by atoms with Gasteiger partial charge >= 0.3 is 0 Å². The predicted octanol–water partition coefficient (Wildman–Crippen LogP) is 0.702. The van der Waals surface area contributed by atoms with Crippen molar-refractivity contribution in [2.24, 2.45) is 4.99 Å². The number of aliphatic imine (C=N–C) groups is 1. The van der Waals surface area contributed by atoms with Gasteiger partial charge in [0.1, 0.15) is 6.54 Å². The lowest BCUT2D eigenvalue weighted by molar-refractivity contribution is -0.127. The molecule has 0 aromatic carbocycles. The van der Waals surface area contributed by atoms with E-state index in [0.29, 0.717) is 6.04 Å². The van der Waals surface area contributed by atoms with Gasteiger partial charge in [0.05, 0.1) is 6.61 Å². The van der Waals surface area contributed by atoms with E-state index in [2.05, 4.69) is 26.8 Å². The Bertz CT molecular complexity index is 391. The number of piperidine rings is 1. The molecule has 1 amide bonds. The zero-order chi connectivity index (χ0) is 17.8. The highest BCUT2D eigenvalue weighted by atomic mass is 127. The highest BCUT2D eigenvalue weighted by molar-refractivity contribution is 14.0. The summed E-state index contributed by atoms with van der Waals surface area (Å²) in [4.78, 5) is 20.2. The second-order valence-electron chi connectivity index (χ2n) is 6.13. The lowest BCUT2D eigenvalue weighted by Crippen LogP contribution is -2.49. The number of halogens is 1. The minimum Gasteiger partial charge on any atom is -0.383 e. The molecule has 25 heavy (non-hydrogen) atoms. The number of hydrogen-bond acceptors (Lipinski definition) is 5. The van der Waals surface area contributed by atoms with Gasteiger partial charge in [0.2, 0.25) is 5.91 Å². The van der Waals surface area contributed by atoms with E-state index in [-0.39, 0.29) is 36.4 Å². The number of nitrogens with zero attached hydrogens (tertiary/aromatic N) is 3. The van der Waals surface area contributed by atoms with E-state index in [1.54, 1.807) is 37.9 Å². The molecule has 1 heterocycles. The molecule has 0 aromatic rings. The van der Waals surface area contributed by atoms with Crippen molar-refractivity contribution >= 4 is 47.6 Å². The summed E-state index contributed by atoms with van der Waals surface area (Å²) < 4.78 is 5.14. The molecule has 0 unspecified atom stereocenters. The molecule has 0 saturated carbocycles. The number of ether oxygens (including phenoxy) is 1. The van der Waals surface area contributed by atoms with E-state index in [9.17, 15) is 4.79 Å². The fourth-order valence-electron chi connectivity index (χ4n) is 2.43. The van der Waals surface area contributed by atoms with E-state index < -0.39 is 0 Å². The van der Waals surface area contributed by atoms with Crippen LogP contribution in [0, 0.1) is 0 Å². The predicted molar refractivity (Wildman–Crippen MR) is 117 cm³/mol. The average Bonchev–Trinajstić information content (AvgIpc) is 2.58. The number of likely N-dealkylation sites (N-methyl/N-ethyl adjacent to an activating group) is 1. The zero-order valence-electron chi connectivity index (χ0n) is 15.9. The summed E-state index contributed by atoms with van der Waals surface area (Å²) in [5.41, 5.74) is 0. The Labute approximate surface area is 173 Å². The third-order valence-corrected chi connectivity index (χ3v) is 4.62. The van der Waals surface area contributed by atoms with Gasteiger partial charge in [0, 0.05) is 59.2 Å². The lowest BCUT2D eigenvalue weighted by Gasteiger charge is -2.32. The zero-order valence-corrected chi connectivity index (χ0v) is 19.1. The van der Waals surface area contributed by atoms with E-state index in [1.165, 1.54) is 0 Å². The van der Waals surface area contributed by atoms with Crippen LogP contribution in [0.25, 0.3) is 0 Å². The highest BCUT2D eigenvalue weighted by Crippen LogP contribution is 2.09. The van der Waals surface area contributed by atoms with Crippen LogP contribution in [0.15, 0.2) is 4.99 Å².